The van der Waals surface area contributed by atoms with Crippen LogP contribution >= 0.6 is 0 Å². The number of benzene rings is 6. The van der Waals surface area contributed by atoms with Crippen LogP contribution in [0, 0.1) is 0 Å². The number of hydrogen-bond acceptors (Lipinski definition) is 4. The van der Waals surface area contributed by atoms with Gasteiger partial charge in [-0.1, -0.05) is 115 Å². The van der Waals surface area contributed by atoms with Gasteiger partial charge in [0.1, 0.15) is 11.5 Å². The van der Waals surface area contributed by atoms with Gasteiger partial charge in [-0.2, -0.15) is 0 Å². The molecule has 10 aromatic rings. The monoisotopic (exact) mass is 738 g/mol. The van der Waals surface area contributed by atoms with Crippen molar-refractivity contribution in [1.29, 1.82) is 0 Å². The lowest BCUT2D eigenvalue weighted by molar-refractivity contribution is 0.435. The molecule has 0 bridgehead atoms. The van der Waals surface area contributed by atoms with Crippen molar-refractivity contribution in [2.24, 2.45) is 0 Å². The topological polar surface area (TPSA) is 52.8 Å². The van der Waals surface area contributed by atoms with E-state index in [0.717, 1.165) is 72.6 Å². The molecule has 14 rings (SSSR count). The van der Waals surface area contributed by atoms with E-state index in [1.54, 1.807) is 0 Å². The van der Waals surface area contributed by atoms with Crippen molar-refractivity contribution >= 4 is 21.8 Å². The molecule has 1 aliphatic heterocycles. The second-order valence-electron chi connectivity index (χ2n) is 15.9. The van der Waals surface area contributed by atoms with Crippen LogP contribution in [0.2, 0.25) is 0 Å². The van der Waals surface area contributed by atoms with Crippen molar-refractivity contribution in [3.63, 3.8) is 0 Å². The number of fused-ring (bicyclic) bond motifs is 22. The van der Waals surface area contributed by atoms with E-state index < -0.39 is 10.8 Å². The van der Waals surface area contributed by atoms with Gasteiger partial charge in [-0.05, 0) is 92.5 Å². The Morgan fingerprint density at radius 3 is 1.81 bits per heavy atom. The molecule has 58 heavy (non-hydrogen) atoms. The Bertz CT molecular complexity index is 3370. The highest BCUT2D eigenvalue weighted by Gasteiger charge is 2.56. The molecular weight excluding hydrogens is 709 g/mol. The standard InChI is InChI=1S/C53H30N4O/c1-5-16-38-32(12-1)33-13-2-6-17-39(33)52(38)40-18-7-3-14-34(40)36-27-44-49(28-43(36)52)58-48-22-10-8-19-41(48)53(44)42-20-11-24-55-50(42)51-45(53)26-31(29-56-51)57-46-21-9-4-15-35(46)37-30-54-25-23-47(37)57/h1-30H. The summed E-state index contributed by atoms with van der Waals surface area (Å²) in [4.78, 5) is 14.9. The van der Waals surface area contributed by atoms with E-state index in [1.165, 1.54) is 44.5 Å². The number of rotatable bonds is 1. The summed E-state index contributed by atoms with van der Waals surface area (Å²) >= 11 is 0. The first-order chi connectivity index (χ1) is 28.8. The van der Waals surface area contributed by atoms with Crippen molar-refractivity contribution in [3.05, 3.63) is 227 Å². The molecule has 0 radical (unpaired) electrons. The van der Waals surface area contributed by atoms with Gasteiger partial charge in [0.2, 0.25) is 0 Å². The maximum atomic E-state index is 7.16. The van der Waals surface area contributed by atoms with E-state index in [9.17, 15) is 0 Å². The van der Waals surface area contributed by atoms with Crippen LogP contribution in [0.1, 0.15) is 44.5 Å². The Morgan fingerprint density at radius 1 is 0.397 bits per heavy atom. The lowest BCUT2D eigenvalue weighted by Gasteiger charge is -2.40. The zero-order valence-corrected chi connectivity index (χ0v) is 31.0. The SMILES string of the molecule is c1ccc2c(c1)Oc1cc3c(cc1C21c2cccnc2-c2ncc(-n4c5ccccc5c5cnccc54)cc21)-c1ccccc1C31c2ccccc2-c2ccccc21. The first-order valence-electron chi connectivity index (χ1n) is 19.8. The number of aromatic nitrogens is 4. The highest BCUT2D eigenvalue weighted by molar-refractivity contribution is 6.09. The Labute approximate surface area is 333 Å². The zero-order valence-electron chi connectivity index (χ0n) is 31.0. The summed E-state index contributed by atoms with van der Waals surface area (Å²) in [7, 11) is 0. The zero-order chi connectivity index (χ0) is 37.7. The van der Waals surface area contributed by atoms with E-state index in [1.807, 2.05) is 24.8 Å². The lowest BCUT2D eigenvalue weighted by atomic mass is 9.65. The van der Waals surface area contributed by atoms with Gasteiger partial charge in [-0.15, -0.1) is 0 Å². The van der Waals surface area contributed by atoms with Crippen LogP contribution in [0.25, 0.3) is 61.1 Å². The summed E-state index contributed by atoms with van der Waals surface area (Å²) in [6, 6.07) is 57.6. The normalized spacial score (nSPS) is 16.6. The van der Waals surface area contributed by atoms with Crippen LogP contribution in [-0.4, -0.2) is 19.5 Å². The third-order valence-corrected chi connectivity index (χ3v) is 13.5. The molecule has 5 nitrogen and oxygen atoms in total. The fourth-order valence-corrected chi connectivity index (χ4v) is 11.4. The Hall–Kier alpha value is -7.63. The maximum Gasteiger partial charge on any atom is 0.132 e. The molecular formula is C53H30N4O. The molecule has 4 aromatic heterocycles. The van der Waals surface area contributed by atoms with Gasteiger partial charge in [0, 0.05) is 46.1 Å². The minimum atomic E-state index is -0.766. The van der Waals surface area contributed by atoms with Crippen molar-refractivity contribution < 1.29 is 4.74 Å². The van der Waals surface area contributed by atoms with Crippen LogP contribution in [0.15, 0.2) is 183 Å². The third-order valence-electron chi connectivity index (χ3n) is 13.5. The maximum absolute atomic E-state index is 7.16. The van der Waals surface area contributed by atoms with Crippen LogP contribution in [0.3, 0.4) is 0 Å². The molecule has 2 spiro atoms. The van der Waals surface area contributed by atoms with E-state index in [4.69, 9.17) is 14.7 Å². The minimum absolute atomic E-state index is 0.491. The molecule has 3 aliphatic carbocycles. The van der Waals surface area contributed by atoms with Gasteiger partial charge in [0.25, 0.3) is 0 Å². The van der Waals surface area contributed by atoms with Crippen molar-refractivity contribution in [2.45, 2.75) is 10.8 Å². The van der Waals surface area contributed by atoms with E-state index in [-0.39, 0.29) is 0 Å². The van der Waals surface area contributed by atoms with E-state index in [2.05, 4.69) is 167 Å². The van der Waals surface area contributed by atoms with E-state index in [0.29, 0.717) is 0 Å². The second kappa shape index (κ2) is 10.6. The van der Waals surface area contributed by atoms with Crippen molar-refractivity contribution in [1.82, 2.24) is 19.5 Å². The average molecular weight is 739 g/mol. The summed E-state index contributed by atoms with van der Waals surface area (Å²) in [5, 5.41) is 2.27. The summed E-state index contributed by atoms with van der Waals surface area (Å²) in [6.07, 6.45) is 7.73. The Morgan fingerprint density at radius 2 is 1.02 bits per heavy atom. The highest BCUT2D eigenvalue weighted by atomic mass is 16.5. The molecule has 4 aliphatic rings. The third kappa shape index (κ3) is 3.41. The summed E-state index contributed by atoms with van der Waals surface area (Å²) in [6.45, 7) is 0. The van der Waals surface area contributed by atoms with Crippen molar-refractivity contribution in [3.8, 4) is 50.8 Å². The lowest BCUT2D eigenvalue weighted by Crippen LogP contribution is -2.33. The number of para-hydroxylation sites is 2. The second-order valence-corrected chi connectivity index (χ2v) is 15.9. The van der Waals surface area contributed by atoms with Gasteiger partial charge in [-0.3, -0.25) is 15.0 Å². The molecule has 268 valence electrons. The molecule has 0 N–H and O–H groups in total. The molecule has 5 heteroatoms. The van der Waals surface area contributed by atoms with Gasteiger partial charge in [0.15, 0.2) is 0 Å². The Balaban J connectivity index is 1.11. The molecule has 1 atom stereocenters. The highest BCUT2D eigenvalue weighted by Crippen LogP contribution is 2.67. The molecule has 0 saturated carbocycles. The van der Waals surface area contributed by atoms with Crippen LogP contribution in [0.4, 0.5) is 0 Å². The first kappa shape index (κ1) is 30.6. The smallest absolute Gasteiger partial charge is 0.132 e. The average Bonchev–Trinajstić information content (AvgIpc) is 3.97. The van der Waals surface area contributed by atoms with Crippen LogP contribution in [-0.2, 0) is 10.8 Å². The van der Waals surface area contributed by atoms with Gasteiger partial charge in [-0.25, -0.2) is 0 Å². The molecule has 1 unspecified atom stereocenters. The number of nitrogens with zero attached hydrogens (tertiary/aromatic N) is 4. The van der Waals surface area contributed by atoms with E-state index >= 15 is 0 Å². The fourth-order valence-electron chi connectivity index (χ4n) is 11.4. The van der Waals surface area contributed by atoms with Crippen molar-refractivity contribution in [2.75, 3.05) is 0 Å². The summed E-state index contributed by atoms with van der Waals surface area (Å²) < 4.78 is 9.49. The first-order valence-corrected chi connectivity index (χ1v) is 19.8. The van der Waals surface area contributed by atoms with Gasteiger partial charge in [0.05, 0.1) is 45.1 Å². The molecule has 0 fully saturated rings. The van der Waals surface area contributed by atoms with Gasteiger partial charge >= 0.3 is 0 Å². The summed E-state index contributed by atoms with van der Waals surface area (Å²) in [5.41, 5.74) is 18.3. The molecule has 0 saturated heterocycles. The quantitative estimate of drug-likeness (QED) is 0.168. The number of hydrogen-bond donors (Lipinski definition) is 0. The van der Waals surface area contributed by atoms with Crippen LogP contribution < -0.4 is 4.74 Å². The molecule has 0 amide bonds. The number of pyridine rings is 3. The van der Waals surface area contributed by atoms with Crippen LogP contribution in [0.5, 0.6) is 11.5 Å². The van der Waals surface area contributed by atoms with Gasteiger partial charge < -0.3 is 9.30 Å². The fraction of sp³-hybridized carbons (Fsp3) is 0.0377. The minimum Gasteiger partial charge on any atom is -0.457 e. The molecule has 5 heterocycles. The predicted octanol–water partition coefficient (Wildman–Crippen LogP) is 11.8. The largest absolute Gasteiger partial charge is 0.457 e. The number of ether oxygens (including phenoxy) is 1. The summed E-state index contributed by atoms with van der Waals surface area (Å²) in [5.74, 6) is 1.69. The Kier molecular flexibility index (Phi) is 5.59. The predicted molar refractivity (Wildman–Crippen MR) is 228 cm³/mol. The molecule has 6 aromatic carbocycles.